The predicted molar refractivity (Wildman–Crippen MR) is 86.8 cm³/mol. The number of aliphatic carboxylic acids is 1. The van der Waals surface area contributed by atoms with E-state index in [9.17, 15) is 19.5 Å². The number of hydrogen-bond donors (Lipinski definition) is 1. The van der Waals surface area contributed by atoms with Gasteiger partial charge in [0.05, 0.1) is 30.4 Å². The second-order valence-corrected chi connectivity index (χ2v) is 7.77. The van der Waals surface area contributed by atoms with Crippen LogP contribution in [-0.4, -0.2) is 45.4 Å². The van der Waals surface area contributed by atoms with Crippen LogP contribution in [0.2, 0.25) is 0 Å². The molecular weight excluding hydrogens is 338 g/mol. The Balaban J connectivity index is 1.69. The zero-order chi connectivity index (χ0) is 18.4. The van der Waals surface area contributed by atoms with Crippen LogP contribution in [0.4, 0.5) is 0 Å². The molecule has 7 nitrogen and oxygen atoms in total. The first-order valence-corrected chi connectivity index (χ1v) is 8.88. The van der Waals surface area contributed by atoms with Crippen LogP contribution < -0.4 is 0 Å². The summed E-state index contributed by atoms with van der Waals surface area (Å²) in [5, 5.41) is 9.68. The topological polar surface area (TPSA) is 97.1 Å². The molecule has 0 aromatic carbocycles. The molecule has 5 rings (SSSR count). The van der Waals surface area contributed by atoms with Crippen molar-refractivity contribution in [3.05, 3.63) is 36.3 Å². The lowest BCUT2D eigenvalue weighted by molar-refractivity contribution is -0.156. The van der Waals surface area contributed by atoms with Crippen LogP contribution in [0, 0.1) is 23.7 Å². The molecule has 7 heteroatoms. The van der Waals surface area contributed by atoms with Crippen molar-refractivity contribution in [2.24, 2.45) is 23.7 Å². The van der Waals surface area contributed by atoms with E-state index in [1.54, 1.807) is 37.0 Å². The lowest BCUT2D eigenvalue weighted by Gasteiger charge is -2.46. The van der Waals surface area contributed by atoms with Gasteiger partial charge in [0.15, 0.2) is 0 Å². The zero-order valence-electron chi connectivity index (χ0n) is 14.4. The molecule has 1 N–H and O–H groups in total. The summed E-state index contributed by atoms with van der Waals surface area (Å²) in [5.41, 5.74) is -1.05. The van der Waals surface area contributed by atoms with E-state index in [0.717, 1.165) is 0 Å². The molecule has 1 aromatic heterocycles. The van der Waals surface area contributed by atoms with E-state index in [-0.39, 0.29) is 11.7 Å². The Bertz CT molecular complexity index is 844. The number of carbonyl (C=O) groups is 3. The average Bonchev–Trinajstić information content (AvgIpc) is 3.35. The summed E-state index contributed by atoms with van der Waals surface area (Å²) in [7, 11) is 0. The molecule has 3 fully saturated rings. The van der Waals surface area contributed by atoms with E-state index in [1.807, 2.05) is 6.08 Å². The maximum atomic E-state index is 13.4. The highest BCUT2D eigenvalue weighted by molar-refractivity contribution is 5.96. The van der Waals surface area contributed by atoms with Gasteiger partial charge >= 0.3 is 5.97 Å². The molecule has 1 amide bonds. The molecule has 4 aliphatic heterocycles. The monoisotopic (exact) mass is 357 g/mol. The van der Waals surface area contributed by atoms with Gasteiger partial charge in [0, 0.05) is 11.8 Å². The van der Waals surface area contributed by atoms with Crippen molar-refractivity contribution in [3.8, 4) is 0 Å². The van der Waals surface area contributed by atoms with Crippen LogP contribution in [0.5, 0.6) is 0 Å². The van der Waals surface area contributed by atoms with Crippen LogP contribution in [0.3, 0.4) is 0 Å². The summed E-state index contributed by atoms with van der Waals surface area (Å²) >= 11 is 0. The van der Waals surface area contributed by atoms with Gasteiger partial charge in [-0.25, -0.2) is 0 Å². The summed E-state index contributed by atoms with van der Waals surface area (Å²) in [5.74, 6) is -3.33. The molecule has 2 bridgehead atoms. The molecule has 136 valence electrons. The molecule has 8 atom stereocenters. The zero-order valence-corrected chi connectivity index (χ0v) is 14.4. The van der Waals surface area contributed by atoms with Gasteiger partial charge in [-0.15, -0.1) is 0 Å². The molecule has 0 aliphatic carbocycles. The summed E-state index contributed by atoms with van der Waals surface area (Å²) in [4.78, 5) is 39.9. The Labute approximate surface area is 149 Å². The van der Waals surface area contributed by atoms with E-state index >= 15 is 0 Å². The number of furan rings is 1. The van der Waals surface area contributed by atoms with Crippen LogP contribution in [0.1, 0.15) is 25.6 Å². The fourth-order valence-corrected chi connectivity index (χ4v) is 5.65. The highest BCUT2D eigenvalue weighted by Gasteiger charge is 2.75. The summed E-state index contributed by atoms with van der Waals surface area (Å²) in [6, 6.07) is 2.41. The van der Waals surface area contributed by atoms with Crippen LogP contribution >= 0.6 is 0 Å². The minimum absolute atomic E-state index is 0.0368. The standard InChI is InChI=1S/C19H19NO6/c1-8-14(11-4-3-7-25-11)20-16(9(2)15(8)21)19-6-5-10(26-19)12(18(23)24)13(19)17(20)22/h3-10,12-14,16H,1-2H3,(H,23,24)/t8-,9-,10-,12+,13-,14+,16+,19+/m1/s1. The summed E-state index contributed by atoms with van der Waals surface area (Å²) in [6.45, 7) is 3.60. The number of carbonyl (C=O) groups excluding carboxylic acids is 2. The molecule has 26 heavy (non-hydrogen) atoms. The Morgan fingerprint density at radius 3 is 2.69 bits per heavy atom. The minimum Gasteiger partial charge on any atom is -0.481 e. The lowest BCUT2D eigenvalue weighted by atomic mass is 9.69. The molecule has 0 unspecified atom stereocenters. The van der Waals surface area contributed by atoms with Gasteiger partial charge in [-0.1, -0.05) is 26.0 Å². The predicted octanol–water partition coefficient (Wildman–Crippen LogP) is 1.41. The highest BCUT2D eigenvalue weighted by Crippen LogP contribution is 2.60. The highest BCUT2D eigenvalue weighted by atomic mass is 16.5. The maximum Gasteiger partial charge on any atom is 0.310 e. The van der Waals surface area contributed by atoms with Gasteiger partial charge in [0.25, 0.3) is 0 Å². The van der Waals surface area contributed by atoms with Crippen LogP contribution in [0.15, 0.2) is 35.0 Å². The first kappa shape index (κ1) is 15.8. The number of Topliss-reactive ketones (excluding diaryl/α,β-unsaturated/α-hetero) is 1. The minimum atomic E-state index is -1.05. The summed E-state index contributed by atoms with van der Waals surface area (Å²) < 4.78 is 11.6. The van der Waals surface area contributed by atoms with Gasteiger partial charge < -0.3 is 19.2 Å². The van der Waals surface area contributed by atoms with Crippen molar-refractivity contribution in [2.45, 2.75) is 37.6 Å². The number of nitrogens with zero attached hydrogens (tertiary/aromatic N) is 1. The molecule has 1 aromatic rings. The quantitative estimate of drug-likeness (QED) is 0.804. The molecule has 0 saturated carbocycles. The summed E-state index contributed by atoms with van der Waals surface area (Å²) in [6.07, 6.45) is 4.43. The van der Waals surface area contributed by atoms with E-state index in [4.69, 9.17) is 9.15 Å². The SMILES string of the molecule is C[C@@H]1C(=O)[C@H](C)[C@@H](c2ccco2)N2C(=O)[C@H]3[C@@H](C(=O)O)[C@H]4C=C[C@@]3(O4)[C@H]12. The Morgan fingerprint density at radius 2 is 2.04 bits per heavy atom. The van der Waals surface area contributed by atoms with Gasteiger partial charge in [-0.3, -0.25) is 14.4 Å². The molecule has 4 aliphatic rings. The molecule has 1 spiro atoms. The normalized spacial score (nSPS) is 45.9. The number of ketones is 1. The molecule has 3 saturated heterocycles. The van der Waals surface area contributed by atoms with E-state index in [2.05, 4.69) is 0 Å². The van der Waals surface area contributed by atoms with Crippen molar-refractivity contribution in [1.29, 1.82) is 0 Å². The number of rotatable bonds is 2. The van der Waals surface area contributed by atoms with E-state index < -0.39 is 53.4 Å². The number of hydrogen-bond acceptors (Lipinski definition) is 5. The lowest BCUT2D eigenvalue weighted by Crippen LogP contribution is -2.58. The Hall–Kier alpha value is -2.41. The Kier molecular flexibility index (Phi) is 2.95. The van der Waals surface area contributed by atoms with Crippen molar-refractivity contribution >= 4 is 17.7 Å². The number of amides is 1. The smallest absolute Gasteiger partial charge is 0.310 e. The second kappa shape index (κ2) is 4.85. The van der Waals surface area contributed by atoms with Crippen molar-refractivity contribution in [2.75, 3.05) is 0 Å². The van der Waals surface area contributed by atoms with Gasteiger partial charge in [-0.2, -0.15) is 0 Å². The van der Waals surface area contributed by atoms with Gasteiger partial charge in [0.2, 0.25) is 5.91 Å². The number of piperidine rings is 1. The number of carboxylic acid groups (broad SMARTS) is 1. The molecule has 0 radical (unpaired) electrons. The second-order valence-electron chi connectivity index (χ2n) is 7.77. The van der Waals surface area contributed by atoms with Crippen molar-refractivity contribution in [3.63, 3.8) is 0 Å². The number of carboxylic acids is 1. The fraction of sp³-hybridized carbons (Fsp3) is 0.526. The van der Waals surface area contributed by atoms with E-state index in [1.165, 1.54) is 6.26 Å². The van der Waals surface area contributed by atoms with E-state index in [0.29, 0.717) is 5.76 Å². The number of ether oxygens (including phenoxy) is 1. The van der Waals surface area contributed by atoms with Gasteiger partial charge in [0.1, 0.15) is 23.1 Å². The first-order chi connectivity index (χ1) is 12.4. The third kappa shape index (κ3) is 1.60. The Morgan fingerprint density at radius 1 is 1.27 bits per heavy atom. The first-order valence-electron chi connectivity index (χ1n) is 8.88. The maximum absolute atomic E-state index is 13.4. The fourth-order valence-electron chi connectivity index (χ4n) is 5.65. The largest absolute Gasteiger partial charge is 0.481 e. The van der Waals surface area contributed by atoms with Crippen LogP contribution in [-0.2, 0) is 19.1 Å². The van der Waals surface area contributed by atoms with Crippen molar-refractivity contribution in [1.82, 2.24) is 4.90 Å². The molecular formula is C19H19NO6. The third-order valence-corrected chi connectivity index (χ3v) is 6.63. The molecule has 5 heterocycles. The average molecular weight is 357 g/mol. The van der Waals surface area contributed by atoms with Gasteiger partial charge in [-0.05, 0) is 12.1 Å². The third-order valence-electron chi connectivity index (χ3n) is 6.63. The van der Waals surface area contributed by atoms with Crippen molar-refractivity contribution < 1.29 is 28.6 Å². The number of fused-ring (bicyclic) bond motifs is 2. The van der Waals surface area contributed by atoms with Crippen LogP contribution in [0.25, 0.3) is 0 Å².